The van der Waals surface area contributed by atoms with Gasteiger partial charge in [0.15, 0.2) is 0 Å². The molecule has 0 radical (unpaired) electrons. The maximum absolute atomic E-state index is 12.8. The minimum Gasteiger partial charge on any atom is -0.351 e. The van der Waals surface area contributed by atoms with E-state index in [1.165, 1.54) is 0 Å². The molecule has 0 aliphatic carbocycles. The van der Waals surface area contributed by atoms with Crippen LogP contribution >= 0.6 is 11.8 Å². The van der Waals surface area contributed by atoms with Gasteiger partial charge in [0.25, 0.3) is 0 Å². The average Bonchev–Trinajstić information content (AvgIpc) is 3.09. The van der Waals surface area contributed by atoms with E-state index in [0.29, 0.717) is 13.1 Å². The van der Waals surface area contributed by atoms with E-state index in [4.69, 9.17) is 5.73 Å². The van der Waals surface area contributed by atoms with Crippen LogP contribution in [0.4, 0.5) is 4.79 Å². The third-order valence-electron chi connectivity index (χ3n) is 4.77. The summed E-state index contributed by atoms with van der Waals surface area (Å²) in [5.41, 5.74) is 7.22. The summed E-state index contributed by atoms with van der Waals surface area (Å²) in [5, 5.41) is 3.13. The van der Waals surface area contributed by atoms with Gasteiger partial charge in [0.1, 0.15) is 5.82 Å². The number of carbonyl (C=O) groups excluding carboxylic acids is 2. The first kappa shape index (κ1) is 18.6. The first-order valence-corrected chi connectivity index (χ1v) is 10.3. The van der Waals surface area contributed by atoms with Gasteiger partial charge in [0, 0.05) is 13.1 Å². The topological polar surface area (TPSA) is 104 Å². The molecule has 7 nitrogen and oxygen atoms in total. The largest absolute Gasteiger partial charge is 0.351 e. The predicted octanol–water partition coefficient (Wildman–Crippen LogP) is 2.26. The summed E-state index contributed by atoms with van der Waals surface area (Å²) in [5.74, 6) is 1.43. The normalized spacial score (nSPS) is 18.7. The molecule has 26 heavy (non-hydrogen) atoms. The van der Waals surface area contributed by atoms with E-state index in [0.717, 1.165) is 41.9 Å². The number of amides is 3. The van der Waals surface area contributed by atoms with Crippen molar-refractivity contribution in [2.75, 3.05) is 25.1 Å². The summed E-state index contributed by atoms with van der Waals surface area (Å²) in [4.78, 5) is 33.7. The lowest BCUT2D eigenvalue weighted by Crippen LogP contribution is -2.47. The second kappa shape index (κ2) is 8.44. The molecule has 1 aliphatic heterocycles. The molecule has 3 rings (SSSR count). The molecule has 0 saturated carbocycles. The highest BCUT2D eigenvalue weighted by atomic mass is 32.2. The van der Waals surface area contributed by atoms with Crippen LogP contribution in [0.15, 0.2) is 24.3 Å². The SMILES string of the molecule is CSCCC(NC(=O)C1CCCN(C(N)=O)C1)c1nc2ccccc2[nH]1. The molecule has 2 heterocycles. The van der Waals surface area contributed by atoms with E-state index in [2.05, 4.69) is 15.3 Å². The van der Waals surface area contributed by atoms with Crippen LogP contribution in [0.2, 0.25) is 0 Å². The predicted molar refractivity (Wildman–Crippen MR) is 104 cm³/mol. The number of imidazole rings is 1. The second-order valence-corrected chi connectivity index (χ2v) is 7.59. The third kappa shape index (κ3) is 4.30. The highest BCUT2D eigenvalue weighted by Gasteiger charge is 2.29. The first-order valence-electron chi connectivity index (χ1n) is 8.87. The number of hydrogen-bond donors (Lipinski definition) is 3. The smallest absolute Gasteiger partial charge is 0.314 e. The van der Waals surface area contributed by atoms with Gasteiger partial charge in [0.05, 0.1) is 23.0 Å². The molecule has 140 valence electrons. The number of aromatic nitrogens is 2. The van der Waals surface area contributed by atoms with Crippen LogP contribution < -0.4 is 11.1 Å². The molecule has 1 aromatic carbocycles. The van der Waals surface area contributed by atoms with Gasteiger partial charge >= 0.3 is 6.03 Å². The van der Waals surface area contributed by atoms with Gasteiger partial charge in [-0.2, -0.15) is 11.8 Å². The van der Waals surface area contributed by atoms with Crippen molar-refractivity contribution < 1.29 is 9.59 Å². The van der Waals surface area contributed by atoms with Crippen molar-refractivity contribution in [2.24, 2.45) is 11.7 Å². The van der Waals surface area contributed by atoms with E-state index < -0.39 is 6.03 Å². The average molecular weight is 375 g/mol. The molecule has 1 fully saturated rings. The molecule has 8 heteroatoms. The first-order chi connectivity index (χ1) is 12.6. The van der Waals surface area contributed by atoms with Crippen LogP contribution in [-0.2, 0) is 4.79 Å². The number of piperidine rings is 1. The Kier molecular flexibility index (Phi) is 6.03. The number of nitrogens with zero attached hydrogens (tertiary/aromatic N) is 2. The monoisotopic (exact) mass is 375 g/mol. The zero-order valence-electron chi connectivity index (χ0n) is 14.9. The number of nitrogens with one attached hydrogen (secondary N) is 2. The van der Waals surface area contributed by atoms with E-state index in [1.54, 1.807) is 16.7 Å². The number of benzene rings is 1. The van der Waals surface area contributed by atoms with Crippen LogP contribution in [0.25, 0.3) is 11.0 Å². The highest BCUT2D eigenvalue weighted by molar-refractivity contribution is 7.98. The lowest BCUT2D eigenvalue weighted by atomic mass is 9.97. The van der Waals surface area contributed by atoms with Gasteiger partial charge in [-0.3, -0.25) is 4.79 Å². The molecule has 0 spiro atoms. The molecule has 2 aromatic rings. The van der Waals surface area contributed by atoms with Gasteiger partial charge in [-0.15, -0.1) is 0 Å². The number of hydrogen-bond acceptors (Lipinski definition) is 4. The van der Waals surface area contributed by atoms with Gasteiger partial charge in [-0.05, 0) is 43.4 Å². The van der Waals surface area contributed by atoms with Crippen molar-refractivity contribution in [1.82, 2.24) is 20.2 Å². The van der Waals surface area contributed by atoms with Gasteiger partial charge in [-0.1, -0.05) is 12.1 Å². The highest BCUT2D eigenvalue weighted by Crippen LogP contribution is 2.22. The number of nitrogens with two attached hydrogens (primary N) is 1. The maximum Gasteiger partial charge on any atom is 0.314 e. The Hall–Kier alpha value is -2.22. The number of fused-ring (bicyclic) bond motifs is 1. The van der Waals surface area contributed by atoms with E-state index in [-0.39, 0.29) is 17.9 Å². The molecule has 2 unspecified atom stereocenters. The Bertz CT molecular complexity index is 745. The molecule has 2 atom stereocenters. The summed E-state index contributed by atoms with van der Waals surface area (Å²) in [6.45, 7) is 1.01. The Morgan fingerprint density at radius 1 is 1.46 bits per heavy atom. The number of carbonyl (C=O) groups is 2. The summed E-state index contributed by atoms with van der Waals surface area (Å²) in [7, 11) is 0. The number of aromatic amines is 1. The van der Waals surface area contributed by atoms with Crippen molar-refractivity contribution in [3.63, 3.8) is 0 Å². The Balaban J connectivity index is 1.73. The molecule has 0 bridgehead atoms. The van der Waals surface area contributed by atoms with Crippen LogP contribution in [0.5, 0.6) is 0 Å². The summed E-state index contributed by atoms with van der Waals surface area (Å²) in [6, 6.07) is 7.20. The van der Waals surface area contributed by atoms with E-state index in [1.807, 2.05) is 30.5 Å². The van der Waals surface area contributed by atoms with Crippen LogP contribution in [-0.4, -0.2) is 51.9 Å². The number of H-pyrrole nitrogens is 1. The number of para-hydroxylation sites is 2. The summed E-state index contributed by atoms with van der Waals surface area (Å²) < 4.78 is 0. The van der Waals surface area contributed by atoms with Crippen LogP contribution in [0, 0.1) is 5.92 Å². The fraction of sp³-hybridized carbons (Fsp3) is 0.500. The minimum absolute atomic E-state index is 0.0393. The fourth-order valence-electron chi connectivity index (χ4n) is 3.33. The maximum atomic E-state index is 12.8. The number of primary amides is 1. The van der Waals surface area contributed by atoms with Crippen LogP contribution in [0.1, 0.15) is 31.1 Å². The lowest BCUT2D eigenvalue weighted by Gasteiger charge is -2.31. The molecule has 1 aromatic heterocycles. The molecular weight excluding hydrogens is 350 g/mol. The van der Waals surface area contributed by atoms with Crippen molar-refractivity contribution >= 4 is 34.7 Å². The third-order valence-corrected chi connectivity index (χ3v) is 5.41. The van der Waals surface area contributed by atoms with Gasteiger partial charge < -0.3 is 20.9 Å². The molecule has 3 amide bonds. The standard InChI is InChI=1S/C18H25N5O2S/c1-26-10-8-15(16-20-13-6-2-3-7-14(13)21-16)22-17(24)12-5-4-9-23(11-12)18(19)25/h2-3,6-7,12,15H,4-5,8-11H2,1H3,(H2,19,25)(H,20,21)(H,22,24). The van der Waals surface area contributed by atoms with Crippen molar-refractivity contribution in [3.8, 4) is 0 Å². The van der Waals surface area contributed by atoms with Crippen molar-refractivity contribution in [1.29, 1.82) is 0 Å². The Labute approximate surface area is 157 Å². The van der Waals surface area contributed by atoms with Crippen LogP contribution in [0.3, 0.4) is 0 Å². The van der Waals surface area contributed by atoms with E-state index in [9.17, 15) is 9.59 Å². The zero-order chi connectivity index (χ0) is 18.5. The van der Waals surface area contributed by atoms with E-state index >= 15 is 0 Å². The number of likely N-dealkylation sites (tertiary alicyclic amines) is 1. The number of thioether (sulfide) groups is 1. The molecule has 1 aliphatic rings. The molecular formula is C18H25N5O2S. The second-order valence-electron chi connectivity index (χ2n) is 6.61. The molecule has 4 N–H and O–H groups in total. The molecule has 1 saturated heterocycles. The fourth-order valence-corrected chi connectivity index (χ4v) is 3.80. The van der Waals surface area contributed by atoms with Crippen molar-refractivity contribution in [3.05, 3.63) is 30.1 Å². The lowest BCUT2D eigenvalue weighted by molar-refractivity contribution is -0.127. The Morgan fingerprint density at radius 3 is 3.00 bits per heavy atom. The zero-order valence-corrected chi connectivity index (χ0v) is 15.7. The Morgan fingerprint density at radius 2 is 2.27 bits per heavy atom. The summed E-state index contributed by atoms with van der Waals surface area (Å²) >= 11 is 1.74. The number of urea groups is 1. The van der Waals surface area contributed by atoms with Gasteiger partial charge in [-0.25, -0.2) is 9.78 Å². The minimum atomic E-state index is -0.460. The van der Waals surface area contributed by atoms with Gasteiger partial charge in [0.2, 0.25) is 5.91 Å². The number of rotatable bonds is 6. The van der Waals surface area contributed by atoms with Crippen molar-refractivity contribution in [2.45, 2.75) is 25.3 Å². The quantitative estimate of drug-likeness (QED) is 0.720. The summed E-state index contributed by atoms with van der Waals surface area (Å²) in [6.07, 6.45) is 4.40.